The summed E-state index contributed by atoms with van der Waals surface area (Å²) in [6.45, 7) is 1.10. The molecule has 1 saturated heterocycles. The van der Waals surface area contributed by atoms with Crippen molar-refractivity contribution in [1.29, 1.82) is 0 Å². The third kappa shape index (κ3) is 3.54. The number of halogens is 1. The van der Waals surface area contributed by atoms with E-state index in [-0.39, 0.29) is 0 Å². The lowest BCUT2D eigenvalue weighted by molar-refractivity contribution is 0.199. The third-order valence-corrected chi connectivity index (χ3v) is 5.14. The van der Waals surface area contributed by atoms with E-state index >= 15 is 0 Å². The summed E-state index contributed by atoms with van der Waals surface area (Å²) in [4.78, 5) is 0. The van der Waals surface area contributed by atoms with Crippen LogP contribution in [0.25, 0.3) is 0 Å². The van der Waals surface area contributed by atoms with Gasteiger partial charge in [-0.15, -0.1) is 0 Å². The molecule has 1 unspecified atom stereocenters. The highest BCUT2D eigenvalue weighted by Crippen LogP contribution is 2.41. The van der Waals surface area contributed by atoms with Crippen molar-refractivity contribution in [2.75, 3.05) is 13.7 Å². The van der Waals surface area contributed by atoms with Gasteiger partial charge < -0.3 is 14.8 Å². The van der Waals surface area contributed by atoms with Gasteiger partial charge in [0.1, 0.15) is 0 Å². The van der Waals surface area contributed by atoms with Gasteiger partial charge in [-0.3, -0.25) is 0 Å². The zero-order valence-electron chi connectivity index (χ0n) is 12.7. The van der Waals surface area contributed by atoms with E-state index < -0.39 is 0 Å². The van der Waals surface area contributed by atoms with Crippen molar-refractivity contribution in [1.82, 2.24) is 5.32 Å². The van der Waals surface area contributed by atoms with Crippen LogP contribution in [0.3, 0.4) is 0 Å². The predicted molar refractivity (Wildman–Crippen MR) is 88.2 cm³/mol. The Morgan fingerprint density at radius 2 is 1.86 bits per heavy atom. The van der Waals surface area contributed by atoms with E-state index in [1.54, 1.807) is 7.11 Å². The average Bonchev–Trinajstić information content (AvgIpc) is 3.03. The topological polar surface area (TPSA) is 30.5 Å². The molecule has 1 aliphatic carbocycles. The van der Waals surface area contributed by atoms with Gasteiger partial charge >= 0.3 is 0 Å². The van der Waals surface area contributed by atoms with Crippen LogP contribution in [0.4, 0.5) is 0 Å². The lowest BCUT2D eigenvalue weighted by atomic mass is 9.97. The highest BCUT2D eigenvalue weighted by Gasteiger charge is 2.23. The molecule has 0 radical (unpaired) electrons. The van der Waals surface area contributed by atoms with Crippen LogP contribution in [0.1, 0.15) is 56.6 Å². The second-order valence-electron chi connectivity index (χ2n) is 6.06. The molecular weight excluding hydrogens is 330 g/mol. The molecule has 0 bridgehead atoms. The Hall–Kier alpha value is -0.740. The zero-order chi connectivity index (χ0) is 14.7. The first-order valence-electron chi connectivity index (χ1n) is 8.05. The normalized spacial score (nSPS) is 23.2. The van der Waals surface area contributed by atoms with Crippen LogP contribution in [-0.4, -0.2) is 19.8 Å². The monoisotopic (exact) mass is 353 g/mol. The van der Waals surface area contributed by atoms with Crippen LogP contribution in [-0.2, 0) is 0 Å². The van der Waals surface area contributed by atoms with Crippen molar-refractivity contribution in [3.63, 3.8) is 0 Å². The standard InChI is InChI=1S/C17H24BrNO2/c1-20-16-11-12(15-8-4-5-9-19-15)10-14(18)17(16)21-13-6-2-3-7-13/h10-11,13,15,19H,2-9H2,1H3. The van der Waals surface area contributed by atoms with Crippen molar-refractivity contribution in [3.8, 4) is 11.5 Å². The average molecular weight is 354 g/mol. The van der Waals surface area contributed by atoms with Crippen LogP contribution >= 0.6 is 15.9 Å². The fourth-order valence-electron chi connectivity index (χ4n) is 3.36. The van der Waals surface area contributed by atoms with Gasteiger partial charge in [0.15, 0.2) is 11.5 Å². The predicted octanol–water partition coefficient (Wildman–Crippen LogP) is 4.59. The summed E-state index contributed by atoms with van der Waals surface area (Å²) >= 11 is 3.68. The van der Waals surface area contributed by atoms with Crippen molar-refractivity contribution in [2.45, 2.75) is 57.1 Å². The van der Waals surface area contributed by atoms with Gasteiger partial charge in [-0.25, -0.2) is 0 Å². The summed E-state index contributed by atoms with van der Waals surface area (Å²) in [6, 6.07) is 4.76. The van der Waals surface area contributed by atoms with E-state index in [4.69, 9.17) is 9.47 Å². The molecule has 116 valence electrons. The first-order valence-corrected chi connectivity index (χ1v) is 8.84. The van der Waals surface area contributed by atoms with E-state index in [0.717, 1.165) is 35.4 Å². The number of benzene rings is 1. The first kappa shape index (κ1) is 15.2. The maximum atomic E-state index is 6.18. The maximum Gasteiger partial charge on any atom is 0.175 e. The van der Waals surface area contributed by atoms with Gasteiger partial charge in [0.05, 0.1) is 17.7 Å². The minimum Gasteiger partial charge on any atom is -0.493 e. The van der Waals surface area contributed by atoms with Crippen molar-refractivity contribution in [2.24, 2.45) is 0 Å². The molecule has 3 nitrogen and oxygen atoms in total. The molecule has 1 N–H and O–H groups in total. The molecule has 1 saturated carbocycles. The number of methoxy groups -OCH3 is 1. The molecule has 4 heteroatoms. The zero-order valence-corrected chi connectivity index (χ0v) is 14.2. The summed E-state index contributed by atoms with van der Waals surface area (Å²) in [7, 11) is 1.72. The molecular formula is C17H24BrNO2. The molecule has 1 aromatic rings. The molecule has 0 spiro atoms. The summed E-state index contributed by atoms with van der Waals surface area (Å²) < 4.78 is 12.8. The van der Waals surface area contributed by atoms with E-state index in [1.807, 2.05) is 0 Å². The highest BCUT2D eigenvalue weighted by atomic mass is 79.9. The summed E-state index contributed by atoms with van der Waals surface area (Å²) in [5.41, 5.74) is 1.29. The molecule has 1 atom stereocenters. The molecule has 0 amide bonds. The highest BCUT2D eigenvalue weighted by molar-refractivity contribution is 9.10. The van der Waals surface area contributed by atoms with Gasteiger partial charge in [-0.05, 0) is 78.7 Å². The lowest BCUT2D eigenvalue weighted by Gasteiger charge is -2.25. The van der Waals surface area contributed by atoms with Crippen LogP contribution in [0.5, 0.6) is 11.5 Å². The van der Waals surface area contributed by atoms with E-state index in [1.165, 1.54) is 37.7 Å². The summed E-state index contributed by atoms with van der Waals surface area (Å²) in [5, 5.41) is 3.59. The minimum atomic E-state index is 0.342. The number of piperidine rings is 1. The molecule has 2 aliphatic rings. The van der Waals surface area contributed by atoms with Crippen molar-refractivity contribution >= 4 is 15.9 Å². The van der Waals surface area contributed by atoms with Gasteiger partial charge in [-0.2, -0.15) is 0 Å². The quantitative estimate of drug-likeness (QED) is 0.858. The van der Waals surface area contributed by atoms with Crippen molar-refractivity contribution < 1.29 is 9.47 Å². The Kier molecular flexibility index (Phi) is 5.07. The van der Waals surface area contributed by atoms with Crippen LogP contribution in [0, 0.1) is 0 Å². The van der Waals surface area contributed by atoms with Crippen LogP contribution in [0.2, 0.25) is 0 Å². The third-order valence-electron chi connectivity index (χ3n) is 4.55. The largest absolute Gasteiger partial charge is 0.493 e. The Balaban J connectivity index is 1.82. The van der Waals surface area contributed by atoms with E-state index in [2.05, 4.69) is 33.4 Å². The number of ether oxygens (including phenoxy) is 2. The maximum absolute atomic E-state index is 6.18. The van der Waals surface area contributed by atoms with E-state index in [0.29, 0.717) is 12.1 Å². The fourth-order valence-corrected chi connectivity index (χ4v) is 3.92. The van der Waals surface area contributed by atoms with Gasteiger partial charge in [0.25, 0.3) is 0 Å². The van der Waals surface area contributed by atoms with Gasteiger partial charge in [0.2, 0.25) is 0 Å². The number of nitrogens with one attached hydrogen (secondary N) is 1. The molecule has 1 aromatic carbocycles. The van der Waals surface area contributed by atoms with Crippen molar-refractivity contribution in [3.05, 3.63) is 22.2 Å². The lowest BCUT2D eigenvalue weighted by Crippen LogP contribution is -2.26. The Morgan fingerprint density at radius 3 is 2.52 bits per heavy atom. The van der Waals surface area contributed by atoms with Gasteiger partial charge in [-0.1, -0.05) is 6.42 Å². The number of hydrogen-bond acceptors (Lipinski definition) is 3. The number of hydrogen-bond donors (Lipinski definition) is 1. The molecule has 3 rings (SSSR count). The summed E-state index contributed by atoms with van der Waals surface area (Å²) in [5.74, 6) is 1.71. The van der Waals surface area contributed by atoms with Crippen LogP contribution in [0.15, 0.2) is 16.6 Å². The minimum absolute atomic E-state index is 0.342. The van der Waals surface area contributed by atoms with Crippen LogP contribution < -0.4 is 14.8 Å². The SMILES string of the molecule is COc1cc(C2CCCCN2)cc(Br)c1OC1CCCC1. The summed E-state index contributed by atoms with van der Waals surface area (Å²) in [6.07, 6.45) is 8.95. The molecule has 2 fully saturated rings. The molecule has 21 heavy (non-hydrogen) atoms. The molecule has 1 heterocycles. The smallest absolute Gasteiger partial charge is 0.175 e. The Labute approximate surface area is 135 Å². The number of rotatable bonds is 4. The van der Waals surface area contributed by atoms with E-state index in [9.17, 15) is 0 Å². The molecule has 0 aromatic heterocycles. The Morgan fingerprint density at radius 1 is 1.10 bits per heavy atom. The molecule has 1 aliphatic heterocycles. The van der Waals surface area contributed by atoms with Gasteiger partial charge in [0, 0.05) is 6.04 Å². The first-order chi connectivity index (χ1) is 10.3. The Bertz CT molecular complexity index is 480. The fraction of sp³-hybridized carbons (Fsp3) is 0.647. The second-order valence-corrected chi connectivity index (χ2v) is 6.92. The second kappa shape index (κ2) is 7.01.